The Hall–Kier alpha value is -2.34. The van der Waals surface area contributed by atoms with Gasteiger partial charge in [-0.15, -0.1) is 0 Å². The number of aliphatic hydroxyl groups is 1. The summed E-state index contributed by atoms with van der Waals surface area (Å²) in [6, 6.07) is 7.95. The normalized spacial score (nSPS) is 11.9. The summed E-state index contributed by atoms with van der Waals surface area (Å²) < 4.78 is 10.0. The average molecular weight is 262 g/mol. The molecule has 0 saturated carbocycles. The van der Waals surface area contributed by atoms with Crippen LogP contribution in [0, 0.1) is 0 Å². The van der Waals surface area contributed by atoms with E-state index in [0.717, 1.165) is 0 Å². The van der Waals surface area contributed by atoms with Gasteiger partial charge in [0.1, 0.15) is 11.9 Å². The van der Waals surface area contributed by atoms with E-state index in [4.69, 9.17) is 9.47 Å². The van der Waals surface area contributed by atoms with Crippen molar-refractivity contribution < 1.29 is 19.7 Å². The smallest absolute Gasteiger partial charge is 0.220 e. The van der Waals surface area contributed by atoms with Gasteiger partial charge in [-0.25, -0.2) is 0 Å². The predicted molar refractivity (Wildman–Crippen MR) is 67.3 cm³/mol. The molecular formula is C13H14N2O4. The molecule has 6 nitrogen and oxygen atoms in total. The molecule has 0 spiro atoms. The van der Waals surface area contributed by atoms with Crippen LogP contribution in [0.3, 0.4) is 0 Å². The van der Waals surface area contributed by atoms with Gasteiger partial charge in [-0.3, -0.25) is 0 Å². The van der Waals surface area contributed by atoms with Crippen molar-refractivity contribution in [1.82, 2.24) is 9.97 Å². The van der Waals surface area contributed by atoms with Gasteiger partial charge in [0.15, 0.2) is 5.82 Å². The van der Waals surface area contributed by atoms with Crippen LogP contribution in [0.25, 0.3) is 0 Å². The van der Waals surface area contributed by atoms with E-state index in [1.165, 1.54) is 26.4 Å². The number of hydrogen-bond donors (Lipinski definition) is 2. The molecule has 1 aromatic heterocycles. The number of ether oxygens (including phenoxy) is 2. The van der Waals surface area contributed by atoms with Gasteiger partial charge in [0.2, 0.25) is 11.8 Å². The van der Waals surface area contributed by atoms with Crippen molar-refractivity contribution in [3.05, 3.63) is 41.7 Å². The fraction of sp³-hybridized carbons (Fsp3) is 0.231. The third-order valence-electron chi connectivity index (χ3n) is 2.59. The Morgan fingerprint density at radius 3 is 2.16 bits per heavy atom. The van der Waals surface area contributed by atoms with Gasteiger partial charge in [0.05, 0.1) is 20.3 Å². The van der Waals surface area contributed by atoms with E-state index in [1.54, 1.807) is 18.2 Å². The van der Waals surface area contributed by atoms with E-state index < -0.39 is 6.10 Å². The lowest BCUT2D eigenvalue weighted by atomic mass is 10.1. The summed E-state index contributed by atoms with van der Waals surface area (Å²) in [6.45, 7) is 0. The number of aromatic hydroxyl groups is 1. The first kappa shape index (κ1) is 13.1. The zero-order chi connectivity index (χ0) is 13.8. The number of aliphatic hydroxyl groups excluding tert-OH is 1. The topological polar surface area (TPSA) is 84.7 Å². The molecule has 0 aliphatic carbocycles. The van der Waals surface area contributed by atoms with Crippen molar-refractivity contribution in [2.24, 2.45) is 0 Å². The molecule has 0 saturated heterocycles. The molecule has 2 aromatic rings. The maximum atomic E-state index is 10.2. The van der Waals surface area contributed by atoms with Gasteiger partial charge in [-0.05, 0) is 6.07 Å². The SMILES string of the molecule is COc1cc(OC)nc(C(O)c2ccccc2O)n1. The summed E-state index contributed by atoms with van der Waals surface area (Å²) >= 11 is 0. The van der Waals surface area contributed by atoms with Crippen molar-refractivity contribution in [3.63, 3.8) is 0 Å². The van der Waals surface area contributed by atoms with Gasteiger partial charge >= 0.3 is 0 Å². The highest BCUT2D eigenvalue weighted by atomic mass is 16.5. The largest absolute Gasteiger partial charge is 0.508 e. The van der Waals surface area contributed by atoms with Crippen LogP contribution >= 0.6 is 0 Å². The van der Waals surface area contributed by atoms with Crippen LogP contribution in [0.5, 0.6) is 17.5 Å². The Kier molecular flexibility index (Phi) is 3.82. The first-order valence-corrected chi connectivity index (χ1v) is 5.58. The lowest BCUT2D eigenvalue weighted by Gasteiger charge is -2.13. The van der Waals surface area contributed by atoms with Crippen LogP contribution in [-0.4, -0.2) is 34.4 Å². The predicted octanol–water partition coefficient (Wildman–Crippen LogP) is 1.28. The first-order valence-electron chi connectivity index (χ1n) is 5.58. The van der Waals surface area contributed by atoms with E-state index >= 15 is 0 Å². The fourth-order valence-corrected chi connectivity index (χ4v) is 1.61. The van der Waals surface area contributed by atoms with E-state index in [0.29, 0.717) is 5.56 Å². The molecule has 1 atom stereocenters. The van der Waals surface area contributed by atoms with E-state index in [1.807, 2.05) is 0 Å². The zero-order valence-electron chi connectivity index (χ0n) is 10.6. The summed E-state index contributed by atoms with van der Waals surface area (Å²) in [7, 11) is 2.91. The molecule has 0 radical (unpaired) electrons. The minimum atomic E-state index is -1.16. The van der Waals surface area contributed by atoms with Gasteiger partial charge < -0.3 is 19.7 Å². The third kappa shape index (κ3) is 2.74. The van der Waals surface area contributed by atoms with Crippen LogP contribution in [0.1, 0.15) is 17.5 Å². The van der Waals surface area contributed by atoms with Crippen LogP contribution in [0.15, 0.2) is 30.3 Å². The Bertz CT molecular complexity index is 552. The number of phenolic OH excluding ortho intramolecular Hbond substituents is 1. The lowest BCUT2D eigenvalue weighted by molar-refractivity contribution is 0.201. The van der Waals surface area contributed by atoms with Crippen molar-refractivity contribution in [2.75, 3.05) is 14.2 Å². The molecule has 2 rings (SSSR count). The molecule has 6 heteroatoms. The van der Waals surface area contributed by atoms with Gasteiger partial charge in [0.25, 0.3) is 0 Å². The molecule has 1 heterocycles. The van der Waals surface area contributed by atoms with Gasteiger partial charge in [-0.1, -0.05) is 18.2 Å². The Labute approximate surface area is 110 Å². The summed E-state index contributed by atoms with van der Waals surface area (Å²) in [5.41, 5.74) is 0.317. The summed E-state index contributed by atoms with van der Waals surface area (Å²) in [5.74, 6) is 0.616. The Balaban J connectivity index is 2.43. The maximum Gasteiger partial charge on any atom is 0.220 e. The van der Waals surface area contributed by atoms with Crippen molar-refractivity contribution in [2.45, 2.75) is 6.10 Å². The number of aromatic nitrogens is 2. The van der Waals surface area contributed by atoms with Crippen LogP contribution in [0.2, 0.25) is 0 Å². The fourth-order valence-electron chi connectivity index (χ4n) is 1.61. The van der Waals surface area contributed by atoms with Crippen molar-refractivity contribution in [3.8, 4) is 17.5 Å². The maximum absolute atomic E-state index is 10.2. The van der Waals surface area contributed by atoms with Crippen molar-refractivity contribution in [1.29, 1.82) is 0 Å². The monoisotopic (exact) mass is 262 g/mol. The van der Waals surface area contributed by atoms with Crippen LogP contribution < -0.4 is 9.47 Å². The number of para-hydroxylation sites is 1. The highest BCUT2D eigenvalue weighted by Crippen LogP contribution is 2.29. The molecule has 0 bridgehead atoms. The molecule has 1 aromatic carbocycles. The molecule has 0 fully saturated rings. The molecular weight excluding hydrogens is 248 g/mol. The van der Waals surface area contributed by atoms with E-state index in [-0.39, 0.29) is 23.3 Å². The number of methoxy groups -OCH3 is 2. The second-order valence-corrected chi connectivity index (χ2v) is 3.77. The highest BCUT2D eigenvalue weighted by Gasteiger charge is 2.19. The number of nitrogens with zero attached hydrogens (tertiary/aromatic N) is 2. The number of benzene rings is 1. The standard InChI is InChI=1S/C13H14N2O4/c1-18-10-7-11(19-2)15-13(14-10)12(17)8-5-3-4-6-9(8)16/h3-7,12,16-17H,1-2H3. The number of rotatable bonds is 4. The molecule has 19 heavy (non-hydrogen) atoms. The molecule has 1 unspecified atom stereocenters. The van der Waals surface area contributed by atoms with Gasteiger partial charge in [0, 0.05) is 5.56 Å². The van der Waals surface area contributed by atoms with Crippen molar-refractivity contribution >= 4 is 0 Å². The average Bonchev–Trinajstić information content (AvgIpc) is 2.46. The minimum absolute atomic E-state index is 0.0274. The second-order valence-electron chi connectivity index (χ2n) is 3.77. The van der Waals surface area contributed by atoms with Crippen LogP contribution in [0.4, 0.5) is 0 Å². The molecule has 0 aliphatic heterocycles. The van der Waals surface area contributed by atoms with E-state index in [9.17, 15) is 10.2 Å². The quantitative estimate of drug-likeness (QED) is 0.863. The summed E-state index contributed by atoms with van der Waals surface area (Å²) in [6.07, 6.45) is -1.16. The van der Waals surface area contributed by atoms with E-state index in [2.05, 4.69) is 9.97 Å². The molecule has 0 aliphatic rings. The molecule has 0 amide bonds. The first-order chi connectivity index (χ1) is 9.15. The summed E-state index contributed by atoms with van der Waals surface area (Å²) in [4.78, 5) is 8.09. The lowest BCUT2D eigenvalue weighted by Crippen LogP contribution is -2.07. The highest BCUT2D eigenvalue weighted by molar-refractivity contribution is 5.37. The second kappa shape index (κ2) is 5.53. The molecule has 2 N–H and O–H groups in total. The minimum Gasteiger partial charge on any atom is -0.508 e. The Morgan fingerprint density at radius 1 is 1.05 bits per heavy atom. The third-order valence-corrected chi connectivity index (χ3v) is 2.59. The Morgan fingerprint density at radius 2 is 1.63 bits per heavy atom. The van der Waals surface area contributed by atoms with Gasteiger partial charge in [-0.2, -0.15) is 9.97 Å². The number of phenols is 1. The van der Waals surface area contributed by atoms with Crippen LogP contribution in [-0.2, 0) is 0 Å². The number of hydrogen-bond acceptors (Lipinski definition) is 6. The summed E-state index contributed by atoms with van der Waals surface area (Å²) in [5, 5.41) is 19.9. The molecule has 100 valence electrons. The zero-order valence-corrected chi connectivity index (χ0v) is 10.6.